The number of nitrogens with zero attached hydrogens (tertiary/aromatic N) is 1. The fourth-order valence-corrected chi connectivity index (χ4v) is 1.96. The van der Waals surface area contributed by atoms with E-state index < -0.39 is 0 Å². The minimum absolute atomic E-state index is 0.566. The number of hydrogen-bond acceptors (Lipinski definition) is 5. The first-order chi connectivity index (χ1) is 9.33. The number of hydrogen-bond donors (Lipinski definition) is 2. The fraction of sp³-hybridized carbons (Fsp3) is 0.214. The first kappa shape index (κ1) is 11.6. The second kappa shape index (κ2) is 5.06. The zero-order valence-electron chi connectivity index (χ0n) is 10.4. The number of anilines is 2. The van der Waals surface area contributed by atoms with Crippen LogP contribution in [0.15, 0.2) is 36.7 Å². The van der Waals surface area contributed by atoms with Crippen LogP contribution in [0.2, 0.25) is 0 Å². The van der Waals surface area contributed by atoms with Crippen LogP contribution in [0.25, 0.3) is 0 Å². The molecule has 1 aliphatic heterocycles. The van der Waals surface area contributed by atoms with Gasteiger partial charge in [-0.2, -0.15) is 0 Å². The molecule has 2 heterocycles. The Kier molecular flexibility index (Phi) is 3.10. The number of nitrogens with one attached hydrogen (secondary N) is 1. The van der Waals surface area contributed by atoms with Crippen LogP contribution in [0, 0.1) is 0 Å². The lowest BCUT2D eigenvalue weighted by Gasteiger charge is -2.20. The van der Waals surface area contributed by atoms with Crippen LogP contribution in [0.1, 0.15) is 5.56 Å². The van der Waals surface area contributed by atoms with Crippen LogP contribution in [0.5, 0.6) is 11.5 Å². The van der Waals surface area contributed by atoms with Gasteiger partial charge in [0.15, 0.2) is 11.5 Å². The monoisotopic (exact) mass is 257 g/mol. The summed E-state index contributed by atoms with van der Waals surface area (Å²) in [6.45, 7) is 1.82. The SMILES string of the molecule is Nc1cc2c(cc1NCc1ccncc1)OCCO2. The van der Waals surface area contributed by atoms with Gasteiger partial charge in [0.1, 0.15) is 13.2 Å². The molecule has 5 heteroatoms. The van der Waals surface area contributed by atoms with E-state index in [0.717, 1.165) is 17.0 Å². The van der Waals surface area contributed by atoms with E-state index in [9.17, 15) is 0 Å². The Hall–Kier alpha value is -2.43. The lowest BCUT2D eigenvalue weighted by molar-refractivity contribution is 0.172. The Bertz CT molecular complexity index is 572. The van der Waals surface area contributed by atoms with Gasteiger partial charge in [-0.05, 0) is 17.7 Å². The van der Waals surface area contributed by atoms with Crippen molar-refractivity contribution >= 4 is 11.4 Å². The smallest absolute Gasteiger partial charge is 0.163 e. The Morgan fingerprint density at radius 1 is 1.11 bits per heavy atom. The van der Waals surface area contributed by atoms with Gasteiger partial charge in [-0.3, -0.25) is 4.98 Å². The van der Waals surface area contributed by atoms with Gasteiger partial charge in [0.2, 0.25) is 0 Å². The van der Waals surface area contributed by atoms with Gasteiger partial charge in [0, 0.05) is 31.1 Å². The van der Waals surface area contributed by atoms with E-state index in [4.69, 9.17) is 15.2 Å². The summed E-state index contributed by atoms with van der Waals surface area (Å²) in [6, 6.07) is 7.59. The highest BCUT2D eigenvalue weighted by Crippen LogP contribution is 2.37. The van der Waals surface area contributed by atoms with Crippen LogP contribution < -0.4 is 20.5 Å². The highest BCUT2D eigenvalue weighted by Gasteiger charge is 2.14. The predicted molar refractivity (Wildman–Crippen MR) is 73.4 cm³/mol. The molecular weight excluding hydrogens is 242 g/mol. The molecule has 98 valence electrons. The molecule has 1 aromatic carbocycles. The molecule has 3 N–H and O–H groups in total. The summed E-state index contributed by atoms with van der Waals surface area (Å²) >= 11 is 0. The first-order valence-corrected chi connectivity index (χ1v) is 6.15. The Morgan fingerprint density at radius 3 is 2.53 bits per heavy atom. The number of fused-ring (bicyclic) bond motifs is 1. The number of benzene rings is 1. The molecule has 0 aliphatic carbocycles. The third-order valence-corrected chi connectivity index (χ3v) is 2.95. The standard InChI is InChI=1S/C14H15N3O2/c15-11-7-13-14(19-6-5-18-13)8-12(11)17-9-10-1-3-16-4-2-10/h1-4,7-8,17H,5-6,9,15H2. The highest BCUT2D eigenvalue weighted by molar-refractivity contribution is 5.72. The molecule has 0 atom stereocenters. The van der Waals surface area contributed by atoms with E-state index in [0.29, 0.717) is 31.2 Å². The lowest BCUT2D eigenvalue weighted by atomic mass is 10.2. The van der Waals surface area contributed by atoms with E-state index in [-0.39, 0.29) is 0 Å². The normalized spacial score (nSPS) is 13.1. The summed E-state index contributed by atoms with van der Waals surface area (Å²) in [5.41, 5.74) is 8.64. The molecule has 0 fully saturated rings. The number of aromatic nitrogens is 1. The predicted octanol–water partition coefficient (Wildman–Crippen LogP) is 2.05. The molecule has 0 radical (unpaired) electrons. The van der Waals surface area contributed by atoms with Crippen molar-refractivity contribution in [3.8, 4) is 11.5 Å². The first-order valence-electron chi connectivity index (χ1n) is 6.15. The van der Waals surface area contributed by atoms with Gasteiger partial charge in [0.25, 0.3) is 0 Å². The van der Waals surface area contributed by atoms with Crippen molar-refractivity contribution < 1.29 is 9.47 Å². The summed E-state index contributed by atoms with van der Waals surface area (Å²) in [6.07, 6.45) is 3.54. The van der Waals surface area contributed by atoms with Crippen LogP contribution >= 0.6 is 0 Å². The summed E-state index contributed by atoms with van der Waals surface area (Å²) in [5.74, 6) is 1.44. The molecule has 19 heavy (non-hydrogen) atoms. The van der Waals surface area contributed by atoms with E-state index in [1.165, 1.54) is 0 Å². The molecule has 0 spiro atoms. The topological polar surface area (TPSA) is 69.4 Å². The molecule has 0 saturated carbocycles. The van der Waals surface area contributed by atoms with Crippen LogP contribution in [-0.2, 0) is 6.54 Å². The van der Waals surface area contributed by atoms with Gasteiger partial charge in [0.05, 0.1) is 11.4 Å². The number of rotatable bonds is 3. The third kappa shape index (κ3) is 2.54. The zero-order chi connectivity index (χ0) is 13.1. The average Bonchev–Trinajstić information content (AvgIpc) is 2.46. The van der Waals surface area contributed by atoms with Crippen molar-refractivity contribution in [2.45, 2.75) is 6.54 Å². The largest absolute Gasteiger partial charge is 0.486 e. The second-order valence-corrected chi connectivity index (χ2v) is 4.29. The molecule has 1 aromatic heterocycles. The number of pyridine rings is 1. The third-order valence-electron chi connectivity index (χ3n) is 2.95. The van der Waals surface area contributed by atoms with Gasteiger partial charge in [-0.1, -0.05) is 0 Å². The summed E-state index contributed by atoms with van der Waals surface area (Å²) in [7, 11) is 0. The van der Waals surface area contributed by atoms with Crippen molar-refractivity contribution in [1.29, 1.82) is 0 Å². The van der Waals surface area contributed by atoms with Crippen molar-refractivity contribution in [3.63, 3.8) is 0 Å². The van der Waals surface area contributed by atoms with Crippen molar-refractivity contribution in [3.05, 3.63) is 42.2 Å². The Morgan fingerprint density at radius 2 is 1.79 bits per heavy atom. The van der Waals surface area contributed by atoms with E-state index in [1.54, 1.807) is 18.5 Å². The van der Waals surface area contributed by atoms with Crippen LogP contribution in [0.3, 0.4) is 0 Å². The molecule has 0 amide bonds. The highest BCUT2D eigenvalue weighted by atomic mass is 16.6. The summed E-state index contributed by atoms with van der Waals surface area (Å²) in [5, 5.41) is 3.29. The molecule has 0 saturated heterocycles. The second-order valence-electron chi connectivity index (χ2n) is 4.29. The molecule has 3 rings (SSSR count). The molecule has 0 unspecified atom stereocenters. The molecule has 5 nitrogen and oxygen atoms in total. The summed E-state index contributed by atoms with van der Waals surface area (Å²) < 4.78 is 11.0. The number of nitrogen functional groups attached to an aromatic ring is 1. The Labute approximate surface area is 111 Å². The minimum atomic E-state index is 0.566. The van der Waals surface area contributed by atoms with Gasteiger partial charge in [-0.15, -0.1) is 0 Å². The van der Waals surface area contributed by atoms with Gasteiger partial charge in [-0.25, -0.2) is 0 Å². The number of ether oxygens (including phenoxy) is 2. The van der Waals surface area contributed by atoms with Crippen LogP contribution in [-0.4, -0.2) is 18.2 Å². The molecule has 0 bridgehead atoms. The van der Waals surface area contributed by atoms with Gasteiger partial charge < -0.3 is 20.5 Å². The summed E-state index contributed by atoms with van der Waals surface area (Å²) in [4.78, 5) is 3.99. The number of nitrogens with two attached hydrogens (primary N) is 1. The maximum atomic E-state index is 6.00. The zero-order valence-corrected chi connectivity index (χ0v) is 10.4. The van der Waals surface area contributed by atoms with E-state index in [2.05, 4.69) is 10.3 Å². The maximum Gasteiger partial charge on any atom is 0.163 e. The van der Waals surface area contributed by atoms with Crippen molar-refractivity contribution in [2.75, 3.05) is 24.3 Å². The van der Waals surface area contributed by atoms with E-state index >= 15 is 0 Å². The molecule has 1 aliphatic rings. The van der Waals surface area contributed by atoms with Crippen molar-refractivity contribution in [2.24, 2.45) is 0 Å². The Balaban J connectivity index is 1.77. The quantitative estimate of drug-likeness (QED) is 0.823. The van der Waals surface area contributed by atoms with Crippen LogP contribution in [0.4, 0.5) is 11.4 Å². The average molecular weight is 257 g/mol. The molecular formula is C14H15N3O2. The fourth-order valence-electron chi connectivity index (χ4n) is 1.96. The lowest BCUT2D eigenvalue weighted by Crippen LogP contribution is -2.16. The maximum absolute atomic E-state index is 6.00. The minimum Gasteiger partial charge on any atom is -0.486 e. The van der Waals surface area contributed by atoms with E-state index in [1.807, 2.05) is 18.2 Å². The van der Waals surface area contributed by atoms with Gasteiger partial charge >= 0.3 is 0 Å². The molecule has 2 aromatic rings. The van der Waals surface area contributed by atoms with Crippen molar-refractivity contribution in [1.82, 2.24) is 4.98 Å².